The molecule has 2 rings (SSSR count). The molecule has 17 heavy (non-hydrogen) atoms. The summed E-state index contributed by atoms with van der Waals surface area (Å²) >= 11 is 2.33. The molecule has 0 atom stereocenters. The van der Waals surface area contributed by atoms with Crippen molar-refractivity contribution in [3.63, 3.8) is 0 Å². The quantitative estimate of drug-likeness (QED) is 0.812. The molecule has 1 N–H and O–H groups in total. The van der Waals surface area contributed by atoms with Gasteiger partial charge in [-0.15, -0.1) is 0 Å². The highest BCUT2D eigenvalue weighted by Crippen LogP contribution is 2.15. The number of benzene rings is 2. The molecule has 0 saturated heterocycles. The summed E-state index contributed by atoms with van der Waals surface area (Å²) in [5.41, 5.74) is 3.99. The molecule has 0 aliphatic heterocycles. The fraction of sp³-hybridized carbons (Fsp3) is 0.200. The second-order valence-electron chi connectivity index (χ2n) is 3.99. The molecule has 2 heteroatoms. The maximum Gasteiger partial charge on any atom is 0.0403 e. The van der Waals surface area contributed by atoms with E-state index in [4.69, 9.17) is 0 Å². The molecule has 0 heterocycles. The minimum absolute atomic E-state index is 0.893. The third kappa shape index (κ3) is 3.46. The van der Waals surface area contributed by atoms with Crippen LogP contribution >= 0.6 is 22.6 Å². The molecule has 1 nitrogen and oxygen atoms in total. The van der Waals surface area contributed by atoms with Gasteiger partial charge in [0.1, 0.15) is 0 Å². The maximum absolute atomic E-state index is 3.47. The van der Waals surface area contributed by atoms with Crippen LogP contribution in [0.3, 0.4) is 0 Å². The van der Waals surface area contributed by atoms with Crippen molar-refractivity contribution in [2.24, 2.45) is 0 Å². The molecular formula is C15H16IN. The van der Waals surface area contributed by atoms with Crippen LogP contribution in [0.4, 0.5) is 5.69 Å². The van der Waals surface area contributed by atoms with Gasteiger partial charge in [0.2, 0.25) is 0 Å². The van der Waals surface area contributed by atoms with E-state index in [1.54, 1.807) is 0 Å². The van der Waals surface area contributed by atoms with Gasteiger partial charge >= 0.3 is 0 Å². The van der Waals surface area contributed by atoms with E-state index in [2.05, 4.69) is 83.4 Å². The molecule has 0 saturated carbocycles. The Morgan fingerprint density at radius 3 is 2.47 bits per heavy atom. The van der Waals surface area contributed by atoms with Gasteiger partial charge in [-0.25, -0.2) is 0 Å². The third-order valence-corrected chi connectivity index (χ3v) is 3.48. The van der Waals surface area contributed by atoms with Crippen LogP contribution in [0.2, 0.25) is 0 Å². The molecule has 0 spiro atoms. The first-order valence-electron chi connectivity index (χ1n) is 5.86. The highest BCUT2D eigenvalue weighted by molar-refractivity contribution is 14.1. The molecule has 88 valence electrons. The molecule has 0 aliphatic carbocycles. The molecular weight excluding hydrogens is 321 g/mol. The Hall–Kier alpha value is -1.03. The van der Waals surface area contributed by atoms with Crippen LogP contribution in [0, 0.1) is 3.57 Å². The number of rotatable bonds is 4. The van der Waals surface area contributed by atoms with Crippen LogP contribution in [0.15, 0.2) is 48.5 Å². The summed E-state index contributed by atoms with van der Waals surface area (Å²) in [4.78, 5) is 0. The number of hydrogen-bond acceptors (Lipinski definition) is 1. The Morgan fingerprint density at radius 2 is 1.76 bits per heavy atom. The second kappa shape index (κ2) is 6.05. The first-order chi connectivity index (χ1) is 8.29. The molecule has 0 unspecified atom stereocenters. The summed E-state index contributed by atoms with van der Waals surface area (Å²) in [5, 5.41) is 3.47. The third-order valence-electron chi connectivity index (χ3n) is 2.81. The first-order valence-corrected chi connectivity index (χ1v) is 6.93. The smallest absolute Gasteiger partial charge is 0.0403 e. The normalized spacial score (nSPS) is 10.2. The van der Waals surface area contributed by atoms with Crippen molar-refractivity contribution in [1.82, 2.24) is 0 Å². The topological polar surface area (TPSA) is 12.0 Å². The minimum atomic E-state index is 0.893. The summed E-state index contributed by atoms with van der Waals surface area (Å²) in [6.45, 7) is 3.09. The zero-order chi connectivity index (χ0) is 12.1. The van der Waals surface area contributed by atoms with Gasteiger partial charge in [0.05, 0.1) is 0 Å². The Kier molecular flexibility index (Phi) is 4.42. The van der Waals surface area contributed by atoms with E-state index in [1.165, 1.54) is 20.4 Å². The van der Waals surface area contributed by atoms with Gasteiger partial charge in [0.15, 0.2) is 0 Å². The van der Waals surface area contributed by atoms with Crippen LogP contribution < -0.4 is 5.32 Å². The van der Waals surface area contributed by atoms with Gasteiger partial charge in [-0.3, -0.25) is 0 Å². The molecule has 0 bridgehead atoms. The van der Waals surface area contributed by atoms with Gasteiger partial charge in [0.25, 0.3) is 0 Å². The minimum Gasteiger partial charge on any atom is -0.381 e. The van der Waals surface area contributed by atoms with Gasteiger partial charge in [-0.05, 0) is 58.3 Å². The van der Waals surface area contributed by atoms with Crippen LogP contribution in [0.25, 0.3) is 0 Å². The number of aryl methyl sites for hydroxylation is 1. The van der Waals surface area contributed by atoms with E-state index in [9.17, 15) is 0 Å². The first kappa shape index (κ1) is 12.4. The van der Waals surface area contributed by atoms with E-state index in [0.29, 0.717) is 0 Å². The molecule has 2 aromatic carbocycles. The summed E-state index contributed by atoms with van der Waals surface area (Å²) in [6.07, 6.45) is 1.09. The highest BCUT2D eigenvalue weighted by Gasteiger charge is 1.99. The van der Waals surface area contributed by atoms with Gasteiger partial charge in [-0.1, -0.05) is 37.3 Å². The van der Waals surface area contributed by atoms with Crippen molar-refractivity contribution in [2.75, 3.05) is 5.32 Å². The average Bonchev–Trinajstić information content (AvgIpc) is 2.37. The van der Waals surface area contributed by atoms with Crippen LogP contribution in [0.5, 0.6) is 0 Å². The predicted octanol–water partition coefficient (Wildman–Crippen LogP) is 4.47. The molecule has 0 fully saturated rings. The Balaban J connectivity index is 2.07. The van der Waals surface area contributed by atoms with E-state index in [1.807, 2.05) is 0 Å². The Bertz CT molecular complexity index is 494. The lowest BCUT2D eigenvalue weighted by Gasteiger charge is -2.10. The fourth-order valence-electron chi connectivity index (χ4n) is 1.87. The molecule has 0 aromatic heterocycles. The number of anilines is 1. The van der Waals surface area contributed by atoms with Crippen LogP contribution in [-0.4, -0.2) is 0 Å². The van der Waals surface area contributed by atoms with E-state index in [-0.39, 0.29) is 0 Å². The SMILES string of the molecule is CCc1ccccc1CNc1cccc(I)c1. The number of nitrogens with one attached hydrogen (secondary N) is 1. The summed E-state index contributed by atoms with van der Waals surface area (Å²) in [5.74, 6) is 0. The monoisotopic (exact) mass is 337 g/mol. The molecule has 0 aliphatic rings. The van der Waals surface area contributed by atoms with Gasteiger partial charge < -0.3 is 5.32 Å². The Morgan fingerprint density at radius 1 is 1.00 bits per heavy atom. The van der Waals surface area contributed by atoms with Gasteiger partial charge in [-0.2, -0.15) is 0 Å². The standard InChI is InChI=1S/C15H16IN/c1-2-12-6-3-4-7-13(12)11-17-15-9-5-8-14(16)10-15/h3-10,17H,2,11H2,1H3. The summed E-state index contributed by atoms with van der Waals surface area (Å²) in [6, 6.07) is 17.1. The molecule has 0 radical (unpaired) electrons. The van der Waals surface area contributed by atoms with Crippen molar-refractivity contribution < 1.29 is 0 Å². The molecule has 2 aromatic rings. The number of hydrogen-bond donors (Lipinski definition) is 1. The maximum atomic E-state index is 3.47. The summed E-state index contributed by atoms with van der Waals surface area (Å²) in [7, 11) is 0. The van der Waals surface area contributed by atoms with Gasteiger partial charge in [0, 0.05) is 15.8 Å². The predicted molar refractivity (Wildman–Crippen MR) is 82.3 cm³/mol. The van der Waals surface area contributed by atoms with Crippen molar-refractivity contribution in [1.29, 1.82) is 0 Å². The van der Waals surface area contributed by atoms with Crippen molar-refractivity contribution in [2.45, 2.75) is 19.9 Å². The van der Waals surface area contributed by atoms with Crippen molar-refractivity contribution in [3.8, 4) is 0 Å². The lowest BCUT2D eigenvalue weighted by Crippen LogP contribution is -2.02. The van der Waals surface area contributed by atoms with E-state index >= 15 is 0 Å². The van der Waals surface area contributed by atoms with Crippen molar-refractivity contribution >= 4 is 28.3 Å². The Labute approximate surface area is 116 Å². The zero-order valence-electron chi connectivity index (χ0n) is 9.91. The second-order valence-corrected chi connectivity index (χ2v) is 5.23. The summed E-state index contributed by atoms with van der Waals surface area (Å²) < 4.78 is 1.26. The molecule has 0 amide bonds. The zero-order valence-corrected chi connectivity index (χ0v) is 12.1. The highest BCUT2D eigenvalue weighted by atomic mass is 127. The lowest BCUT2D eigenvalue weighted by molar-refractivity contribution is 1.04. The van der Waals surface area contributed by atoms with E-state index < -0.39 is 0 Å². The van der Waals surface area contributed by atoms with E-state index in [0.717, 1.165) is 13.0 Å². The fourth-order valence-corrected chi connectivity index (χ4v) is 2.41. The average molecular weight is 337 g/mol. The van der Waals surface area contributed by atoms with Crippen LogP contribution in [0.1, 0.15) is 18.1 Å². The largest absolute Gasteiger partial charge is 0.381 e. The number of halogens is 1. The van der Waals surface area contributed by atoms with Crippen molar-refractivity contribution in [3.05, 3.63) is 63.2 Å². The lowest BCUT2D eigenvalue weighted by atomic mass is 10.1. The van der Waals surface area contributed by atoms with Crippen LogP contribution in [-0.2, 0) is 13.0 Å².